The first-order valence-electron chi connectivity index (χ1n) is 4.35. The zero-order chi connectivity index (χ0) is 7.14. The molecular weight excluding hydrogens is 122 g/mol. The molecule has 1 nitrogen and oxygen atoms in total. The zero-order valence-corrected chi connectivity index (χ0v) is 6.56. The molecule has 2 bridgehead atoms. The van der Waals surface area contributed by atoms with Crippen LogP contribution in [0.25, 0.3) is 0 Å². The molecule has 0 aromatic heterocycles. The summed E-state index contributed by atoms with van der Waals surface area (Å²) in [7, 11) is 0. The Morgan fingerprint density at radius 3 is 2.20 bits per heavy atom. The fourth-order valence-electron chi connectivity index (χ4n) is 2.60. The molecule has 2 aliphatic carbocycles. The molecule has 2 rings (SSSR count). The fourth-order valence-corrected chi connectivity index (χ4v) is 2.60. The summed E-state index contributed by atoms with van der Waals surface area (Å²) in [5.41, 5.74) is 1.08. The van der Waals surface area contributed by atoms with Gasteiger partial charge in [-0.2, -0.15) is 0 Å². The molecule has 0 aromatic carbocycles. The highest BCUT2D eigenvalue weighted by Gasteiger charge is 2.36. The van der Waals surface area contributed by atoms with Crippen molar-refractivity contribution in [2.24, 2.45) is 17.8 Å². The number of hydrogen-bond acceptors (Lipinski definition) is 1. The van der Waals surface area contributed by atoms with Gasteiger partial charge in [-0.25, -0.2) is 0 Å². The normalized spacial score (nSPS) is 46.1. The minimum absolute atomic E-state index is 0.689. The van der Waals surface area contributed by atoms with E-state index in [0.717, 1.165) is 11.6 Å². The fraction of sp³-hybridized carbons (Fsp3) is 0.889. The predicted octanol–water partition coefficient (Wildman–Crippen LogP) is 2.46. The second kappa shape index (κ2) is 2.08. The van der Waals surface area contributed by atoms with Crippen LogP contribution in [0, 0.1) is 23.2 Å². The highest BCUT2D eigenvalue weighted by molar-refractivity contribution is 5.88. The van der Waals surface area contributed by atoms with Crippen LogP contribution in [-0.2, 0) is 0 Å². The smallest absolute Gasteiger partial charge is 0.0151 e. The van der Waals surface area contributed by atoms with Crippen molar-refractivity contribution in [1.82, 2.24) is 0 Å². The number of hydrogen-bond donors (Lipinski definition) is 1. The van der Waals surface area contributed by atoms with Gasteiger partial charge in [0.05, 0.1) is 0 Å². The molecule has 0 radical (unpaired) electrons. The van der Waals surface area contributed by atoms with E-state index in [1.54, 1.807) is 0 Å². The van der Waals surface area contributed by atoms with Crippen molar-refractivity contribution < 1.29 is 0 Å². The predicted molar refractivity (Wildman–Crippen MR) is 42.3 cm³/mol. The Labute approximate surface area is 62.3 Å². The highest BCUT2D eigenvalue weighted by Crippen LogP contribution is 2.41. The molecule has 0 spiro atoms. The monoisotopic (exact) mass is 137 g/mol. The number of nitrogens with one attached hydrogen (secondary N) is 1. The van der Waals surface area contributed by atoms with Crippen molar-refractivity contribution in [3.8, 4) is 0 Å². The van der Waals surface area contributed by atoms with Gasteiger partial charge in [-0.3, -0.25) is 0 Å². The molecular formula is C9H15N. The molecule has 2 fully saturated rings. The minimum Gasteiger partial charge on any atom is -0.309 e. The van der Waals surface area contributed by atoms with E-state index >= 15 is 0 Å². The lowest BCUT2D eigenvalue weighted by atomic mass is 9.81. The maximum absolute atomic E-state index is 7.75. The van der Waals surface area contributed by atoms with Gasteiger partial charge in [0.2, 0.25) is 0 Å². The van der Waals surface area contributed by atoms with E-state index in [2.05, 4.69) is 6.92 Å². The van der Waals surface area contributed by atoms with E-state index in [1.807, 2.05) is 0 Å². The van der Waals surface area contributed by atoms with Crippen molar-refractivity contribution >= 4 is 5.71 Å². The van der Waals surface area contributed by atoms with Gasteiger partial charge in [0.15, 0.2) is 0 Å². The van der Waals surface area contributed by atoms with Crippen LogP contribution in [0.5, 0.6) is 0 Å². The van der Waals surface area contributed by atoms with E-state index < -0.39 is 0 Å². The first-order chi connectivity index (χ1) is 4.77. The molecule has 0 aliphatic heterocycles. The van der Waals surface area contributed by atoms with Gasteiger partial charge in [0, 0.05) is 5.71 Å². The molecule has 2 saturated carbocycles. The van der Waals surface area contributed by atoms with E-state index in [0.29, 0.717) is 11.8 Å². The lowest BCUT2D eigenvalue weighted by Crippen LogP contribution is -2.23. The van der Waals surface area contributed by atoms with Gasteiger partial charge in [-0.15, -0.1) is 0 Å². The first-order valence-corrected chi connectivity index (χ1v) is 4.35. The van der Waals surface area contributed by atoms with Gasteiger partial charge in [0.1, 0.15) is 0 Å². The summed E-state index contributed by atoms with van der Waals surface area (Å²) in [4.78, 5) is 0. The maximum Gasteiger partial charge on any atom is 0.0151 e. The molecule has 3 atom stereocenters. The number of fused-ring (bicyclic) bond motifs is 2. The molecule has 0 aromatic rings. The van der Waals surface area contributed by atoms with E-state index in [-0.39, 0.29) is 0 Å². The van der Waals surface area contributed by atoms with Crippen LogP contribution < -0.4 is 0 Å². The van der Waals surface area contributed by atoms with Gasteiger partial charge in [0.25, 0.3) is 0 Å². The average molecular weight is 137 g/mol. The van der Waals surface area contributed by atoms with Crippen molar-refractivity contribution in [1.29, 1.82) is 5.41 Å². The molecule has 1 unspecified atom stereocenters. The van der Waals surface area contributed by atoms with Crippen molar-refractivity contribution in [3.05, 3.63) is 0 Å². The van der Waals surface area contributed by atoms with Crippen LogP contribution in [0.4, 0.5) is 0 Å². The third-order valence-electron chi connectivity index (χ3n) is 3.12. The van der Waals surface area contributed by atoms with Crippen molar-refractivity contribution in [2.45, 2.75) is 32.6 Å². The molecule has 10 heavy (non-hydrogen) atoms. The Balaban J connectivity index is 2.16. The van der Waals surface area contributed by atoms with Crippen molar-refractivity contribution in [3.63, 3.8) is 0 Å². The maximum atomic E-state index is 7.75. The van der Waals surface area contributed by atoms with Crippen LogP contribution in [0.15, 0.2) is 0 Å². The molecule has 56 valence electrons. The standard InChI is InChI=1S/C9H15N/c1-6-4-7-2-3-8(5-6)9(7)10/h6-8,10H,2-5H2,1H3/t6?,7-,8+. The Bertz CT molecular complexity index is 146. The van der Waals surface area contributed by atoms with Crippen LogP contribution in [0.2, 0.25) is 0 Å². The lowest BCUT2D eigenvalue weighted by Gasteiger charge is -2.25. The van der Waals surface area contributed by atoms with Gasteiger partial charge >= 0.3 is 0 Å². The molecule has 0 amide bonds. The van der Waals surface area contributed by atoms with Crippen molar-refractivity contribution in [2.75, 3.05) is 0 Å². The largest absolute Gasteiger partial charge is 0.309 e. The van der Waals surface area contributed by atoms with Crippen LogP contribution in [0.3, 0.4) is 0 Å². The van der Waals surface area contributed by atoms with Crippen LogP contribution in [0.1, 0.15) is 32.6 Å². The Hall–Kier alpha value is -0.330. The molecule has 2 aliphatic rings. The van der Waals surface area contributed by atoms with E-state index in [4.69, 9.17) is 5.41 Å². The zero-order valence-electron chi connectivity index (χ0n) is 6.56. The van der Waals surface area contributed by atoms with Crippen LogP contribution >= 0.6 is 0 Å². The summed E-state index contributed by atoms with van der Waals surface area (Å²) in [6.07, 6.45) is 5.23. The van der Waals surface area contributed by atoms with Gasteiger partial charge in [-0.05, 0) is 43.4 Å². The summed E-state index contributed by atoms with van der Waals surface area (Å²) in [6, 6.07) is 0. The SMILES string of the molecule is CC1C[C@H]2CC[C@@H](C1)C2=N. The lowest BCUT2D eigenvalue weighted by molar-refractivity contribution is 0.405. The van der Waals surface area contributed by atoms with E-state index in [9.17, 15) is 0 Å². The highest BCUT2D eigenvalue weighted by atomic mass is 14.5. The Kier molecular flexibility index (Phi) is 1.33. The summed E-state index contributed by atoms with van der Waals surface area (Å²) < 4.78 is 0. The third-order valence-corrected chi connectivity index (χ3v) is 3.12. The Morgan fingerprint density at radius 1 is 1.20 bits per heavy atom. The second-order valence-corrected chi connectivity index (χ2v) is 4.00. The van der Waals surface area contributed by atoms with Gasteiger partial charge in [-0.1, -0.05) is 6.92 Å². The molecule has 0 saturated heterocycles. The quantitative estimate of drug-likeness (QED) is 0.530. The molecule has 1 heteroatoms. The molecule has 0 heterocycles. The number of rotatable bonds is 0. The summed E-state index contributed by atoms with van der Waals surface area (Å²) >= 11 is 0. The first kappa shape index (κ1) is 6.38. The summed E-state index contributed by atoms with van der Waals surface area (Å²) in [5, 5.41) is 7.75. The van der Waals surface area contributed by atoms with Gasteiger partial charge < -0.3 is 5.41 Å². The van der Waals surface area contributed by atoms with Crippen LogP contribution in [-0.4, -0.2) is 5.71 Å². The summed E-state index contributed by atoms with van der Waals surface area (Å²) in [6.45, 7) is 2.33. The topological polar surface area (TPSA) is 23.9 Å². The molecule has 1 N–H and O–H groups in total. The minimum atomic E-state index is 0.689. The van der Waals surface area contributed by atoms with E-state index in [1.165, 1.54) is 25.7 Å². The summed E-state index contributed by atoms with van der Waals surface area (Å²) in [5.74, 6) is 2.27. The third kappa shape index (κ3) is 0.799. The average Bonchev–Trinajstić information content (AvgIpc) is 2.20. The second-order valence-electron chi connectivity index (χ2n) is 4.00. The Morgan fingerprint density at radius 2 is 1.70 bits per heavy atom.